The maximum absolute atomic E-state index is 13.9. The van der Waals surface area contributed by atoms with Crippen molar-refractivity contribution in [1.29, 1.82) is 0 Å². The Morgan fingerprint density at radius 1 is 0.593 bits per heavy atom. The Labute approximate surface area is 325 Å². The number of thiol groups is 2. The molecule has 4 rings (SSSR count). The van der Waals surface area contributed by atoms with Crippen molar-refractivity contribution in [2.24, 2.45) is 17.6 Å². The van der Waals surface area contributed by atoms with Gasteiger partial charge in [-0.2, -0.15) is 25.3 Å². The summed E-state index contributed by atoms with van der Waals surface area (Å²) < 4.78 is 0. The first-order valence-corrected chi connectivity index (χ1v) is 18.6. The zero-order valence-corrected chi connectivity index (χ0v) is 31.8. The van der Waals surface area contributed by atoms with E-state index in [9.17, 15) is 28.8 Å². The molecule has 0 heterocycles. The van der Waals surface area contributed by atoms with Crippen molar-refractivity contribution in [3.8, 4) is 0 Å². The standard InChI is InChI=1S/C41H43N3O8S2/c1-27(45)31-13-17-35(18-14-31)43(39(48)33(25-53)23-29-9-5-3-6-10-29)51-38(47)22-21-37(42)41(50)52-44(36-19-15-32(16-20-36)28(2)46)40(49)34(26-54)24-30-11-7-4-8-12-30/h3-20,33-34,37,53-54H,21-26,42H2,1-2H3/t33?,34?,37-/m0/s1. The van der Waals surface area contributed by atoms with Gasteiger partial charge in [0.05, 0.1) is 29.6 Å². The Morgan fingerprint density at radius 2 is 0.981 bits per heavy atom. The minimum absolute atomic E-state index is 0.136. The van der Waals surface area contributed by atoms with Crippen LogP contribution in [0.3, 0.4) is 0 Å². The molecule has 0 radical (unpaired) electrons. The summed E-state index contributed by atoms with van der Waals surface area (Å²) in [5.74, 6) is -4.44. The number of carbonyl (C=O) groups is 6. The van der Waals surface area contributed by atoms with Crippen LogP contribution in [0.4, 0.5) is 11.4 Å². The predicted molar refractivity (Wildman–Crippen MR) is 212 cm³/mol. The average molecular weight is 770 g/mol. The molecule has 2 unspecified atom stereocenters. The SMILES string of the molecule is CC(=O)c1ccc(N(OC(=O)CC[C@H](N)C(=O)ON(C(=O)C(CS)Cc2ccccc2)c2ccc(C(C)=O)cc2)C(=O)C(CS)Cc2ccccc2)cc1. The average Bonchev–Trinajstić information content (AvgIpc) is 3.19. The molecule has 0 aliphatic heterocycles. The first kappa shape index (κ1) is 41.5. The second-order valence-corrected chi connectivity index (χ2v) is 13.4. The fourth-order valence-corrected chi connectivity index (χ4v) is 5.97. The van der Waals surface area contributed by atoms with Crippen molar-refractivity contribution < 1.29 is 38.4 Å². The van der Waals surface area contributed by atoms with Crippen LogP contribution in [-0.4, -0.2) is 52.9 Å². The van der Waals surface area contributed by atoms with Gasteiger partial charge in [0.15, 0.2) is 11.6 Å². The van der Waals surface area contributed by atoms with Gasteiger partial charge in [-0.1, -0.05) is 60.7 Å². The normalized spacial score (nSPS) is 12.5. The molecule has 0 fully saturated rings. The van der Waals surface area contributed by atoms with E-state index in [2.05, 4.69) is 25.3 Å². The monoisotopic (exact) mass is 769 g/mol. The fourth-order valence-electron chi connectivity index (χ4n) is 5.40. The van der Waals surface area contributed by atoms with Crippen molar-refractivity contribution >= 4 is 72.0 Å². The third kappa shape index (κ3) is 11.6. The number of rotatable bonds is 16. The topological polar surface area (TPSA) is 153 Å². The van der Waals surface area contributed by atoms with Gasteiger partial charge >= 0.3 is 11.9 Å². The van der Waals surface area contributed by atoms with E-state index >= 15 is 0 Å². The van der Waals surface area contributed by atoms with Gasteiger partial charge in [-0.25, -0.2) is 9.59 Å². The van der Waals surface area contributed by atoms with Gasteiger partial charge in [-0.15, -0.1) is 10.1 Å². The van der Waals surface area contributed by atoms with Gasteiger partial charge in [0, 0.05) is 22.6 Å². The second-order valence-electron chi connectivity index (χ2n) is 12.6. The molecule has 0 aliphatic rings. The lowest BCUT2D eigenvalue weighted by molar-refractivity contribution is -0.154. The third-order valence-corrected chi connectivity index (χ3v) is 9.42. The Balaban J connectivity index is 1.49. The number of carbonyl (C=O) groups excluding carboxylic acids is 6. The number of anilines is 2. The third-order valence-electron chi connectivity index (χ3n) is 8.54. The lowest BCUT2D eigenvalue weighted by Gasteiger charge is -2.27. The van der Waals surface area contributed by atoms with E-state index in [1.807, 2.05) is 60.7 Å². The van der Waals surface area contributed by atoms with Crippen LogP contribution in [0.15, 0.2) is 109 Å². The molecule has 4 aromatic carbocycles. The van der Waals surface area contributed by atoms with Crippen molar-refractivity contribution in [2.75, 3.05) is 21.6 Å². The van der Waals surface area contributed by atoms with E-state index in [-0.39, 0.29) is 40.9 Å². The van der Waals surface area contributed by atoms with Gasteiger partial charge in [0.2, 0.25) is 0 Å². The maximum Gasteiger partial charge on any atom is 0.349 e. The Kier molecular flexibility index (Phi) is 15.6. The van der Waals surface area contributed by atoms with Crippen LogP contribution in [0, 0.1) is 11.8 Å². The largest absolute Gasteiger partial charge is 0.349 e. The van der Waals surface area contributed by atoms with Crippen LogP contribution < -0.4 is 15.9 Å². The molecule has 0 bridgehead atoms. The van der Waals surface area contributed by atoms with Crippen LogP contribution in [0.5, 0.6) is 0 Å². The molecule has 0 saturated carbocycles. The highest BCUT2D eigenvalue weighted by Crippen LogP contribution is 2.24. The van der Waals surface area contributed by atoms with Crippen molar-refractivity contribution in [3.05, 3.63) is 131 Å². The first-order valence-electron chi connectivity index (χ1n) is 17.3. The molecule has 13 heteroatoms. The fraction of sp³-hybridized carbons (Fsp3) is 0.268. The molecule has 54 heavy (non-hydrogen) atoms. The summed E-state index contributed by atoms with van der Waals surface area (Å²) in [7, 11) is 0. The van der Waals surface area contributed by atoms with E-state index < -0.39 is 48.1 Å². The molecule has 282 valence electrons. The van der Waals surface area contributed by atoms with Crippen molar-refractivity contribution in [3.63, 3.8) is 0 Å². The van der Waals surface area contributed by atoms with Gasteiger partial charge in [-0.05, 0) is 92.8 Å². The minimum atomic E-state index is -1.38. The molecule has 0 aliphatic carbocycles. The first-order chi connectivity index (χ1) is 25.9. The summed E-state index contributed by atoms with van der Waals surface area (Å²) in [6.45, 7) is 2.81. The lowest BCUT2D eigenvalue weighted by atomic mass is 10.00. The summed E-state index contributed by atoms with van der Waals surface area (Å²) in [4.78, 5) is 89.2. The summed E-state index contributed by atoms with van der Waals surface area (Å²) >= 11 is 8.79. The predicted octanol–water partition coefficient (Wildman–Crippen LogP) is 6.06. The van der Waals surface area contributed by atoms with E-state index in [1.165, 1.54) is 62.4 Å². The summed E-state index contributed by atoms with van der Waals surface area (Å²) in [5, 5.41) is 1.71. The number of nitrogens with zero attached hydrogens (tertiary/aromatic N) is 2. The highest BCUT2D eigenvalue weighted by atomic mass is 32.1. The number of ketones is 2. The van der Waals surface area contributed by atoms with Crippen LogP contribution in [0.1, 0.15) is 58.5 Å². The van der Waals surface area contributed by atoms with E-state index in [0.29, 0.717) is 24.0 Å². The molecular weight excluding hydrogens is 727 g/mol. The second kappa shape index (κ2) is 20.3. The molecule has 0 saturated heterocycles. The smallest absolute Gasteiger partial charge is 0.333 e. The molecule has 4 aromatic rings. The number of amides is 2. The molecule has 3 atom stereocenters. The zero-order chi connectivity index (χ0) is 39.2. The van der Waals surface area contributed by atoms with Gasteiger partial charge in [-0.3, -0.25) is 19.2 Å². The molecule has 0 spiro atoms. The molecule has 2 amide bonds. The molecule has 2 N–H and O–H groups in total. The van der Waals surface area contributed by atoms with E-state index in [0.717, 1.165) is 21.3 Å². The minimum Gasteiger partial charge on any atom is -0.333 e. The zero-order valence-electron chi connectivity index (χ0n) is 30.0. The Hall–Kier alpha value is -5.24. The summed E-state index contributed by atoms with van der Waals surface area (Å²) in [6.07, 6.45) is -0.0169. The van der Waals surface area contributed by atoms with Crippen LogP contribution >= 0.6 is 25.3 Å². The Bertz CT molecular complexity index is 1910. The number of hydrogen-bond acceptors (Lipinski definition) is 11. The molecule has 0 aromatic heterocycles. The van der Waals surface area contributed by atoms with Gasteiger partial charge in [0.1, 0.15) is 6.04 Å². The number of benzene rings is 4. The van der Waals surface area contributed by atoms with Crippen molar-refractivity contribution in [1.82, 2.24) is 0 Å². The summed E-state index contributed by atoms with van der Waals surface area (Å²) in [6, 6.07) is 29.2. The van der Waals surface area contributed by atoms with Crippen LogP contribution in [0.25, 0.3) is 0 Å². The number of hydrogen-bond donors (Lipinski definition) is 3. The molecule has 11 nitrogen and oxygen atoms in total. The molecular formula is C41H43N3O8S2. The van der Waals surface area contributed by atoms with Gasteiger partial charge in [0.25, 0.3) is 11.8 Å². The van der Waals surface area contributed by atoms with Crippen LogP contribution in [0.2, 0.25) is 0 Å². The number of hydroxylamine groups is 2. The maximum atomic E-state index is 13.9. The quantitative estimate of drug-likeness (QED) is 0.0702. The lowest BCUT2D eigenvalue weighted by Crippen LogP contribution is -2.44. The van der Waals surface area contributed by atoms with Gasteiger partial charge < -0.3 is 15.4 Å². The van der Waals surface area contributed by atoms with Crippen molar-refractivity contribution in [2.45, 2.75) is 45.6 Å². The highest BCUT2D eigenvalue weighted by molar-refractivity contribution is 7.80. The number of nitrogens with two attached hydrogens (primary N) is 1. The number of Topliss-reactive ketones (excluding diaryl/α,β-unsaturated/α-hetero) is 2. The highest BCUT2D eigenvalue weighted by Gasteiger charge is 2.32. The van der Waals surface area contributed by atoms with E-state index in [4.69, 9.17) is 15.4 Å². The summed E-state index contributed by atoms with van der Waals surface area (Å²) in [5.41, 5.74) is 9.14. The van der Waals surface area contributed by atoms with Crippen LogP contribution in [-0.2, 0) is 41.7 Å². The Morgan fingerprint density at radius 3 is 1.35 bits per heavy atom. The van der Waals surface area contributed by atoms with E-state index in [1.54, 1.807) is 0 Å².